The standard InChI is InChI=1S/C28H25NO5S2/c30-26(31)19-29-27(32)25(36-28(29)35)18-22-17-23(33-15-13-20-7-3-1-4-8-20)11-12-24(22)34-16-14-21-9-5-2-6-10-21/h1-12,17-18H,13-16,19H2,(H,30,31). The van der Waals surface area contributed by atoms with Crippen molar-refractivity contribution >= 4 is 46.3 Å². The van der Waals surface area contributed by atoms with Crippen LogP contribution in [0.5, 0.6) is 11.5 Å². The van der Waals surface area contributed by atoms with E-state index < -0.39 is 18.4 Å². The fourth-order valence-electron chi connectivity index (χ4n) is 3.63. The van der Waals surface area contributed by atoms with Crippen LogP contribution in [-0.2, 0) is 22.4 Å². The lowest BCUT2D eigenvalue weighted by Crippen LogP contribution is -2.33. The van der Waals surface area contributed by atoms with Crippen LogP contribution in [0.4, 0.5) is 0 Å². The van der Waals surface area contributed by atoms with Crippen molar-refractivity contribution in [3.05, 3.63) is 100 Å². The number of amides is 1. The third-order valence-corrected chi connectivity index (χ3v) is 6.81. The highest BCUT2D eigenvalue weighted by Crippen LogP contribution is 2.35. The number of benzene rings is 3. The molecule has 3 aromatic rings. The SMILES string of the molecule is O=C(O)CN1C(=O)C(=Cc2cc(OCCc3ccccc3)ccc2OCCc2ccccc2)SC1=S. The van der Waals surface area contributed by atoms with Gasteiger partial charge in [-0.15, -0.1) is 0 Å². The summed E-state index contributed by atoms with van der Waals surface area (Å²) in [6.45, 7) is 0.489. The maximum atomic E-state index is 12.8. The highest BCUT2D eigenvalue weighted by atomic mass is 32.2. The lowest BCUT2D eigenvalue weighted by Gasteiger charge is -2.13. The predicted molar refractivity (Wildman–Crippen MR) is 145 cm³/mol. The Labute approximate surface area is 219 Å². The number of thiocarbonyl (C=S) groups is 1. The Morgan fingerprint density at radius 2 is 1.53 bits per heavy atom. The molecule has 0 aromatic heterocycles. The fraction of sp³-hybridized carbons (Fsp3) is 0.179. The third-order valence-electron chi connectivity index (χ3n) is 5.43. The first-order valence-electron chi connectivity index (χ1n) is 11.4. The van der Waals surface area contributed by atoms with Crippen molar-refractivity contribution in [3.8, 4) is 11.5 Å². The maximum absolute atomic E-state index is 12.8. The number of rotatable bonds is 11. The third kappa shape index (κ3) is 6.96. The number of carbonyl (C=O) groups excluding carboxylic acids is 1. The van der Waals surface area contributed by atoms with E-state index >= 15 is 0 Å². The molecule has 0 unspecified atom stereocenters. The average molecular weight is 520 g/mol. The summed E-state index contributed by atoms with van der Waals surface area (Å²) >= 11 is 6.30. The van der Waals surface area contributed by atoms with E-state index in [4.69, 9.17) is 26.8 Å². The molecule has 3 aromatic carbocycles. The van der Waals surface area contributed by atoms with E-state index in [-0.39, 0.29) is 4.32 Å². The van der Waals surface area contributed by atoms with Crippen LogP contribution in [-0.4, -0.2) is 46.0 Å². The minimum atomic E-state index is -1.12. The van der Waals surface area contributed by atoms with Gasteiger partial charge in [0, 0.05) is 18.4 Å². The predicted octanol–water partition coefficient (Wildman–Crippen LogP) is 5.22. The lowest BCUT2D eigenvalue weighted by molar-refractivity contribution is -0.140. The van der Waals surface area contributed by atoms with E-state index in [9.17, 15) is 9.59 Å². The van der Waals surface area contributed by atoms with Crippen LogP contribution in [0.1, 0.15) is 16.7 Å². The summed E-state index contributed by atoms with van der Waals surface area (Å²) in [5.41, 5.74) is 3.01. The van der Waals surface area contributed by atoms with Crippen LogP contribution in [0.2, 0.25) is 0 Å². The number of aliphatic carboxylic acids is 1. The van der Waals surface area contributed by atoms with E-state index in [1.807, 2.05) is 66.7 Å². The molecule has 8 heteroatoms. The van der Waals surface area contributed by atoms with Crippen molar-refractivity contribution < 1.29 is 24.2 Å². The number of nitrogens with zero attached hydrogens (tertiary/aromatic N) is 1. The quantitative estimate of drug-likeness (QED) is 0.275. The highest BCUT2D eigenvalue weighted by Gasteiger charge is 2.33. The van der Waals surface area contributed by atoms with Crippen molar-refractivity contribution in [3.63, 3.8) is 0 Å². The van der Waals surface area contributed by atoms with Gasteiger partial charge in [-0.25, -0.2) is 0 Å². The van der Waals surface area contributed by atoms with Crippen molar-refractivity contribution in [2.75, 3.05) is 19.8 Å². The molecule has 1 N–H and O–H groups in total. The number of carbonyl (C=O) groups is 2. The molecule has 1 aliphatic heterocycles. The van der Waals surface area contributed by atoms with Gasteiger partial charge in [0.2, 0.25) is 0 Å². The first-order valence-corrected chi connectivity index (χ1v) is 12.7. The summed E-state index contributed by atoms with van der Waals surface area (Å²) in [6.07, 6.45) is 3.18. The average Bonchev–Trinajstić information content (AvgIpc) is 3.13. The number of carboxylic acid groups (broad SMARTS) is 1. The van der Waals surface area contributed by atoms with Gasteiger partial charge in [-0.2, -0.15) is 0 Å². The van der Waals surface area contributed by atoms with Gasteiger partial charge in [0.05, 0.1) is 18.1 Å². The molecule has 4 rings (SSSR count). The Balaban J connectivity index is 1.51. The van der Waals surface area contributed by atoms with Crippen LogP contribution in [0, 0.1) is 0 Å². The zero-order chi connectivity index (χ0) is 25.3. The van der Waals surface area contributed by atoms with E-state index in [0.717, 1.165) is 35.1 Å². The Kier molecular flexibility index (Phi) is 8.76. The number of hydrogen-bond acceptors (Lipinski definition) is 6. The van der Waals surface area contributed by atoms with E-state index in [1.54, 1.807) is 6.08 Å². The molecule has 1 heterocycles. The second-order valence-electron chi connectivity index (χ2n) is 8.03. The summed E-state index contributed by atoms with van der Waals surface area (Å²) in [6, 6.07) is 25.6. The molecule has 0 aliphatic carbocycles. The normalized spacial score (nSPS) is 14.3. The van der Waals surface area contributed by atoms with Gasteiger partial charge in [0.15, 0.2) is 0 Å². The Hall–Kier alpha value is -3.62. The summed E-state index contributed by atoms with van der Waals surface area (Å²) in [5.74, 6) is -0.303. The van der Waals surface area contributed by atoms with Crippen molar-refractivity contribution in [2.45, 2.75) is 12.8 Å². The molecule has 6 nitrogen and oxygen atoms in total. The van der Waals surface area contributed by atoms with Crippen molar-refractivity contribution in [2.24, 2.45) is 0 Å². The molecule has 36 heavy (non-hydrogen) atoms. The van der Waals surface area contributed by atoms with Gasteiger partial charge in [-0.1, -0.05) is 84.6 Å². The Morgan fingerprint density at radius 3 is 2.14 bits per heavy atom. The van der Waals surface area contributed by atoms with Gasteiger partial charge >= 0.3 is 5.97 Å². The molecule has 1 fully saturated rings. The maximum Gasteiger partial charge on any atom is 0.323 e. The number of carboxylic acids is 1. The second kappa shape index (κ2) is 12.4. The van der Waals surface area contributed by atoms with Crippen LogP contribution in [0.25, 0.3) is 6.08 Å². The minimum Gasteiger partial charge on any atom is -0.493 e. The van der Waals surface area contributed by atoms with Gasteiger partial charge in [0.1, 0.15) is 22.4 Å². The van der Waals surface area contributed by atoms with Crippen LogP contribution in [0.15, 0.2) is 83.8 Å². The molecular formula is C28H25NO5S2. The monoisotopic (exact) mass is 519 g/mol. The topological polar surface area (TPSA) is 76.1 Å². The molecule has 0 bridgehead atoms. The second-order valence-corrected chi connectivity index (χ2v) is 9.71. The minimum absolute atomic E-state index is 0.218. The molecule has 184 valence electrons. The molecule has 1 saturated heterocycles. The summed E-state index contributed by atoms with van der Waals surface area (Å²) in [5, 5.41) is 9.10. The smallest absolute Gasteiger partial charge is 0.323 e. The summed E-state index contributed by atoms with van der Waals surface area (Å²) in [7, 11) is 0. The van der Waals surface area contributed by atoms with Crippen LogP contribution >= 0.6 is 24.0 Å². The van der Waals surface area contributed by atoms with Gasteiger partial charge < -0.3 is 14.6 Å². The molecule has 1 amide bonds. The fourth-order valence-corrected chi connectivity index (χ4v) is 4.87. The van der Waals surface area contributed by atoms with Crippen molar-refractivity contribution in [1.29, 1.82) is 0 Å². The van der Waals surface area contributed by atoms with E-state index in [1.165, 1.54) is 5.56 Å². The molecule has 0 atom stereocenters. The van der Waals surface area contributed by atoms with Crippen molar-refractivity contribution in [1.82, 2.24) is 4.90 Å². The van der Waals surface area contributed by atoms with Crippen LogP contribution in [0.3, 0.4) is 0 Å². The molecule has 0 radical (unpaired) electrons. The van der Waals surface area contributed by atoms with Crippen LogP contribution < -0.4 is 9.47 Å². The first kappa shape index (κ1) is 25.5. The Bertz CT molecular complexity index is 1260. The molecule has 1 aliphatic rings. The molecule has 0 saturated carbocycles. The largest absolute Gasteiger partial charge is 0.493 e. The summed E-state index contributed by atoms with van der Waals surface area (Å²) < 4.78 is 12.3. The highest BCUT2D eigenvalue weighted by molar-refractivity contribution is 8.26. The van der Waals surface area contributed by atoms with E-state index in [2.05, 4.69) is 12.1 Å². The zero-order valence-electron chi connectivity index (χ0n) is 19.5. The molecule has 0 spiro atoms. The van der Waals surface area contributed by atoms with Gasteiger partial charge in [-0.3, -0.25) is 14.5 Å². The van der Waals surface area contributed by atoms with Gasteiger partial charge in [-0.05, 0) is 35.4 Å². The lowest BCUT2D eigenvalue weighted by atomic mass is 10.1. The van der Waals surface area contributed by atoms with Gasteiger partial charge in [0.25, 0.3) is 5.91 Å². The zero-order valence-corrected chi connectivity index (χ0v) is 21.1. The summed E-state index contributed by atoms with van der Waals surface area (Å²) in [4.78, 5) is 25.4. The Morgan fingerprint density at radius 1 is 0.917 bits per heavy atom. The van der Waals surface area contributed by atoms with E-state index in [0.29, 0.717) is 35.2 Å². The number of thioether (sulfide) groups is 1. The first-order chi connectivity index (χ1) is 17.5. The molecular weight excluding hydrogens is 494 g/mol. The number of ether oxygens (including phenoxy) is 2. The number of hydrogen-bond donors (Lipinski definition) is 1.